The maximum Gasteiger partial charge on any atom is 0.135 e. The van der Waals surface area contributed by atoms with Gasteiger partial charge in [0.2, 0.25) is 0 Å². The summed E-state index contributed by atoms with van der Waals surface area (Å²) in [4.78, 5) is 6.37. The first-order valence-corrected chi connectivity index (χ1v) is 7.09. The van der Waals surface area contributed by atoms with Gasteiger partial charge < -0.3 is 10.5 Å². The fourth-order valence-corrected chi connectivity index (χ4v) is 2.97. The van der Waals surface area contributed by atoms with E-state index in [1.54, 1.807) is 25.1 Å². The minimum Gasteiger partial charge on any atom is -0.378 e. The van der Waals surface area contributed by atoms with E-state index in [0.717, 1.165) is 22.8 Å². The summed E-state index contributed by atoms with van der Waals surface area (Å²) in [5.74, 6) is 0.820. The highest BCUT2D eigenvalue weighted by Gasteiger charge is 2.29. The Labute approximate surface area is 121 Å². The van der Waals surface area contributed by atoms with E-state index >= 15 is 0 Å². The first-order valence-electron chi connectivity index (χ1n) is 6.14. The molecule has 0 bridgehead atoms. The second-order valence-corrected chi connectivity index (χ2v) is 5.26. The smallest absolute Gasteiger partial charge is 0.135 e. The molecule has 0 amide bonds. The molecule has 3 N–H and O–H groups in total. The van der Waals surface area contributed by atoms with Crippen molar-refractivity contribution in [2.24, 2.45) is 5.73 Å². The number of hydrogen-bond acceptors (Lipinski definition) is 6. The van der Waals surface area contributed by atoms with Gasteiger partial charge >= 0.3 is 0 Å². The van der Waals surface area contributed by atoms with Crippen molar-refractivity contribution in [1.29, 1.82) is 0 Å². The highest BCUT2D eigenvalue weighted by molar-refractivity contribution is 8.03. The number of nitrogens with zero attached hydrogens (tertiary/aromatic N) is 3. The van der Waals surface area contributed by atoms with Crippen LogP contribution in [0.3, 0.4) is 0 Å². The molecule has 1 atom stereocenters. The number of methoxy groups -OCH3 is 1. The van der Waals surface area contributed by atoms with Crippen molar-refractivity contribution < 1.29 is 4.74 Å². The van der Waals surface area contributed by atoms with Gasteiger partial charge in [-0.3, -0.25) is 10.00 Å². The van der Waals surface area contributed by atoms with E-state index in [9.17, 15) is 0 Å². The van der Waals surface area contributed by atoms with Gasteiger partial charge in [-0.1, -0.05) is 17.8 Å². The average molecular weight is 289 g/mol. The number of H-pyrrole nitrogens is 1. The molecule has 0 fully saturated rings. The second kappa shape index (κ2) is 5.66. The van der Waals surface area contributed by atoms with Gasteiger partial charge in [-0.25, -0.2) is 4.98 Å². The monoisotopic (exact) mass is 289 g/mol. The molecule has 0 radical (unpaired) electrons. The topological polar surface area (TPSA) is 80.1 Å². The first-order chi connectivity index (χ1) is 9.81. The Morgan fingerprint density at radius 1 is 1.50 bits per heavy atom. The van der Waals surface area contributed by atoms with Gasteiger partial charge in [0.25, 0.3) is 0 Å². The van der Waals surface area contributed by atoms with Gasteiger partial charge in [0, 0.05) is 25.1 Å². The van der Waals surface area contributed by atoms with Crippen molar-refractivity contribution in [2.45, 2.75) is 12.1 Å². The Morgan fingerprint density at radius 3 is 3.15 bits per heavy atom. The van der Waals surface area contributed by atoms with Crippen molar-refractivity contribution in [2.75, 3.05) is 12.0 Å². The van der Waals surface area contributed by atoms with Crippen LogP contribution in [0.5, 0.6) is 0 Å². The summed E-state index contributed by atoms with van der Waals surface area (Å²) >= 11 is 1.55. The van der Waals surface area contributed by atoms with Crippen LogP contribution in [-0.2, 0) is 11.3 Å². The number of pyridine rings is 1. The molecular formula is C13H15N5OS. The third kappa shape index (κ3) is 2.31. The molecule has 3 heterocycles. The Bertz CT molecular complexity index is 612. The molecule has 0 aliphatic carbocycles. The number of aromatic amines is 1. The summed E-state index contributed by atoms with van der Waals surface area (Å²) in [6.07, 6.45) is 3.61. The van der Waals surface area contributed by atoms with E-state index < -0.39 is 0 Å². The Hall–Kier alpha value is -1.83. The van der Waals surface area contributed by atoms with E-state index in [1.807, 2.05) is 34.7 Å². The normalized spacial score (nSPS) is 18.4. The van der Waals surface area contributed by atoms with Gasteiger partial charge in [0.1, 0.15) is 11.3 Å². The van der Waals surface area contributed by atoms with Crippen LogP contribution in [0.2, 0.25) is 0 Å². The fraction of sp³-hybridized carbons (Fsp3) is 0.231. The molecule has 2 aromatic rings. The number of hydrogen-bond donors (Lipinski definition) is 2. The number of anilines is 1. The van der Waals surface area contributed by atoms with E-state index in [2.05, 4.69) is 15.2 Å². The van der Waals surface area contributed by atoms with Crippen molar-refractivity contribution >= 4 is 23.3 Å². The lowest BCUT2D eigenvalue weighted by molar-refractivity contribution is 0.181. The SMILES string of the molecule is COCc1n[nH]cc1C1=CSC(N)N1c1ccccn1. The Morgan fingerprint density at radius 2 is 2.40 bits per heavy atom. The first kappa shape index (κ1) is 13.2. The van der Waals surface area contributed by atoms with Crippen LogP contribution in [0.15, 0.2) is 36.0 Å². The molecule has 0 spiro atoms. The Kier molecular flexibility index (Phi) is 3.72. The van der Waals surface area contributed by atoms with Crippen LogP contribution in [0.1, 0.15) is 11.3 Å². The summed E-state index contributed by atoms with van der Waals surface area (Å²) in [6.45, 7) is 0.451. The summed E-state index contributed by atoms with van der Waals surface area (Å²) in [6, 6.07) is 5.77. The average Bonchev–Trinajstić information content (AvgIpc) is 3.06. The lowest BCUT2D eigenvalue weighted by Gasteiger charge is -2.25. The zero-order valence-electron chi connectivity index (χ0n) is 11.0. The lowest BCUT2D eigenvalue weighted by atomic mass is 10.2. The molecular weight excluding hydrogens is 274 g/mol. The molecule has 1 aliphatic heterocycles. The van der Waals surface area contributed by atoms with Gasteiger partial charge in [-0.15, -0.1) is 0 Å². The van der Waals surface area contributed by atoms with Gasteiger partial charge in [-0.05, 0) is 17.5 Å². The molecule has 104 valence electrons. The van der Waals surface area contributed by atoms with Crippen molar-refractivity contribution in [3.8, 4) is 0 Å². The summed E-state index contributed by atoms with van der Waals surface area (Å²) < 4.78 is 5.17. The largest absolute Gasteiger partial charge is 0.378 e. The molecule has 7 heteroatoms. The van der Waals surface area contributed by atoms with Crippen LogP contribution >= 0.6 is 11.8 Å². The summed E-state index contributed by atoms with van der Waals surface area (Å²) in [7, 11) is 1.65. The van der Waals surface area contributed by atoms with E-state index in [-0.39, 0.29) is 5.50 Å². The Balaban J connectivity index is 1.98. The van der Waals surface area contributed by atoms with Crippen molar-refractivity contribution in [3.05, 3.63) is 47.3 Å². The van der Waals surface area contributed by atoms with Crippen LogP contribution < -0.4 is 10.6 Å². The molecule has 3 rings (SSSR count). The zero-order chi connectivity index (χ0) is 13.9. The second-order valence-electron chi connectivity index (χ2n) is 4.27. The number of ether oxygens (including phenoxy) is 1. The molecule has 0 saturated carbocycles. The summed E-state index contributed by atoms with van der Waals surface area (Å²) in [5.41, 5.74) is 8.80. The van der Waals surface area contributed by atoms with E-state index in [0.29, 0.717) is 6.61 Å². The third-order valence-electron chi connectivity index (χ3n) is 3.01. The molecule has 1 aliphatic rings. The van der Waals surface area contributed by atoms with Gasteiger partial charge in [0.05, 0.1) is 18.0 Å². The van der Waals surface area contributed by atoms with Crippen LogP contribution in [0.4, 0.5) is 5.82 Å². The van der Waals surface area contributed by atoms with Crippen LogP contribution in [-0.4, -0.2) is 27.8 Å². The fourth-order valence-electron chi connectivity index (χ4n) is 2.12. The van der Waals surface area contributed by atoms with E-state index in [4.69, 9.17) is 10.5 Å². The summed E-state index contributed by atoms with van der Waals surface area (Å²) in [5, 5.41) is 9.13. The minimum absolute atomic E-state index is 0.190. The number of rotatable bonds is 4. The third-order valence-corrected chi connectivity index (χ3v) is 3.85. The van der Waals surface area contributed by atoms with Gasteiger partial charge in [-0.2, -0.15) is 5.10 Å². The minimum atomic E-state index is -0.190. The standard InChI is InChI=1S/C13H15N5OS/c1-19-7-10-9(6-16-17-10)11-8-20-13(14)18(11)12-4-2-3-5-15-12/h2-6,8,13H,7,14H2,1H3,(H,16,17). The van der Waals surface area contributed by atoms with Crippen LogP contribution in [0, 0.1) is 0 Å². The van der Waals surface area contributed by atoms with E-state index in [1.165, 1.54) is 0 Å². The highest BCUT2D eigenvalue weighted by Crippen LogP contribution is 2.38. The van der Waals surface area contributed by atoms with Crippen molar-refractivity contribution in [3.63, 3.8) is 0 Å². The molecule has 0 saturated heterocycles. The quantitative estimate of drug-likeness (QED) is 0.892. The maximum atomic E-state index is 6.17. The maximum absolute atomic E-state index is 6.17. The zero-order valence-corrected chi connectivity index (χ0v) is 11.8. The molecule has 1 unspecified atom stereocenters. The van der Waals surface area contributed by atoms with Crippen LogP contribution in [0.25, 0.3) is 5.70 Å². The number of aromatic nitrogens is 3. The molecule has 0 aromatic carbocycles. The lowest BCUT2D eigenvalue weighted by Crippen LogP contribution is -2.35. The molecule has 6 nitrogen and oxygen atoms in total. The number of thioether (sulfide) groups is 1. The van der Waals surface area contributed by atoms with Gasteiger partial charge in [0.15, 0.2) is 0 Å². The predicted octanol–water partition coefficient (Wildman–Crippen LogP) is 1.75. The number of nitrogens with two attached hydrogens (primary N) is 1. The predicted molar refractivity (Wildman–Crippen MR) is 79.6 cm³/mol. The highest BCUT2D eigenvalue weighted by atomic mass is 32.2. The number of nitrogens with one attached hydrogen (secondary N) is 1. The van der Waals surface area contributed by atoms with Crippen molar-refractivity contribution in [1.82, 2.24) is 15.2 Å². The molecule has 2 aromatic heterocycles. The molecule has 20 heavy (non-hydrogen) atoms.